The number of carbonyl (C=O) groups excluding carboxylic acids is 1. The van der Waals surface area contributed by atoms with Gasteiger partial charge in [-0.15, -0.1) is 10.2 Å². The molecule has 35 heavy (non-hydrogen) atoms. The summed E-state index contributed by atoms with van der Waals surface area (Å²) in [6.45, 7) is 0. The fourth-order valence-electron chi connectivity index (χ4n) is 4.40. The minimum Gasteiger partial charge on any atom is -0.417 e. The zero-order valence-electron chi connectivity index (χ0n) is 18.7. The number of hydrogen-bond acceptors (Lipinski definition) is 5. The first-order valence-electron chi connectivity index (χ1n) is 11.4. The Bertz CT molecular complexity index is 1520. The molecule has 3 heterocycles. The predicted octanol–water partition coefficient (Wildman–Crippen LogP) is 5.32. The Morgan fingerprint density at radius 2 is 1.54 bits per heavy atom. The van der Waals surface area contributed by atoms with Crippen LogP contribution in [-0.4, -0.2) is 26.3 Å². The monoisotopic (exact) mass is 459 g/mol. The van der Waals surface area contributed by atoms with Gasteiger partial charge in [-0.2, -0.15) is 5.10 Å². The normalized spacial score (nSPS) is 15.2. The van der Waals surface area contributed by atoms with Crippen molar-refractivity contribution in [2.75, 3.05) is 0 Å². The summed E-state index contributed by atoms with van der Waals surface area (Å²) in [6.07, 6.45) is 4.28. The molecule has 2 N–H and O–H groups in total. The van der Waals surface area contributed by atoms with Gasteiger partial charge in [0.25, 0.3) is 5.91 Å². The van der Waals surface area contributed by atoms with Crippen LogP contribution in [0.4, 0.5) is 0 Å². The molecule has 1 aliphatic heterocycles. The highest BCUT2D eigenvalue weighted by Gasteiger charge is 2.29. The van der Waals surface area contributed by atoms with Gasteiger partial charge >= 0.3 is 0 Å². The van der Waals surface area contributed by atoms with Crippen molar-refractivity contribution < 1.29 is 9.21 Å². The lowest BCUT2D eigenvalue weighted by Crippen LogP contribution is -2.35. The van der Waals surface area contributed by atoms with Gasteiger partial charge in [0, 0.05) is 22.8 Å². The second kappa shape index (κ2) is 8.87. The fourth-order valence-corrected chi connectivity index (χ4v) is 4.40. The molecule has 0 fully saturated rings. The maximum Gasteiger partial charge on any atom is 0.252 e. The molecule has 0 spiro atoms. The smallest absolute Gasteiger partial charge is 0.252 e. The van der Waals surface area contributed by atoms with E-state index < -0.39 is 0 Å². The van der Waals surface area contributed by atoms with Crippen LogP contribution >= 0.6 is 0 Å². The van der Waals surface area contributed by atoms with Crippen LogP contribution in [0.5, 0.6) is 0 Å². The number of carbonyl (C=O) groups is 1. The summed E-state index contributed by atoms with van der Waals surface area (Å²) < 4.78 is 5.81. The van der Waals surface area contributed by atoms with Crippen LogP contribution in [0.25, 0.3) is 34.7 Å². The highest BCUT2D eigenvalue weighted by molar-refractivity contribution is 5.97. The molecule has 0 saturated carbocycles. The molecule has 1 amide bonds. The van der Waals surface area contributed by atoms with E-state index in [-0.39, 0.29) is 11.9 Å². The van der Waals surface area contributed by atoms with Gasteiger partial charge < -0.3 is 9.73 Å². The van der Waals surface area contributed by atoms with Crippen LogP contribution < -0.4 is 5.32 Å². The van der Waals surface area contributed by atoms with Crippen molar-refractivity contribution in [3.05, 3.63) is 113 Å². The number of aromatic amines is 1. The second-order valence-corrected chi connectivity index (χ2v) is 8.30. The molecule has 2 aromatic heterocycles. The standard InChI is InChI=1S/C28H21N5O2/c34-27-21-14-8-7-13-20(21)17-23(29-27)26-25(18-9-3-1-4-10-18)22(30-32-26)15-16-24-31-33-28(35-24)19-11-5-2-6-12-19/h1-16,23H,17H2,(H,29,34)(H,30,32)/b16-15+. The molecule has 3 aromatic carbocycles. The Morgan fingerprint density at radius 3 is 2.34 bits per heavy atom. The molecule has 0 aliphatic carbocycles. The summed E-state index contributed by atoms with van der Waals surface area (Å²) in [5.41, 5.74) is 6.10. The lowest BCUT2D eigenvalue weighted by atomic mass is 9.90. The van der Waals surface area contributed by atoms with E-state index in [0.29, 0.717) is 18.2 Å². The number of nitrogens with one attached hydrogen (secondary N) is 2. The molecule has 6 rings (SSSR count). The first-order chi connectivity index (χ1) is 17.3. The van der Waals surface area contributed by atoms with E-state index in [0.717, 1.165) is 39.2 Å². The van der Waals surface area contributed by atoms with Gasteiger partial charge in [0.2, 0.25) is 11.8 Å². The average Bonchev–Trinajstić information content (AvgIpc) is 3.56. The predicted molar refractivity (Wildman–Crippen MR) is 133 cm³/mol. The summed E-state index contributed by atoms with van der Waals surface area (Å²) in [4.78, 5) is 12.8. The summed E-state index contributed by atoms with van der Waals surface area (Å²) in [5.74, 6) is 0.758. The molecule has 5 aromatic rings. The van der Waals surface area contributed by atoms with Crippen molar-refractivity contribution in [1.29, 1.82) is 0 Å². The fraction of sp³-hybridized carbons (Fsp3) is 0.0714. The SMILES string of the molecule is O=C1NC(c2[nH]nc(/C=C/c3nnc(-c4ccccc4)o3)c2-c2ccccc2)Cc2ccccc21. The molecule has 1 unspecified atom stereocenters. The van der Waals surface area contributed by atoms with Crippen LogP contribution in [0.3, 0.4) is 0 Å². The zero-order valence-corrected chi connectivity index (χ0v) is 18.7. The van der Waals surface area contributed by atoms with E-state index in [2.05, 4.69) is 25.7 Å². The Morgan fingerprint density at radius 1 is 0.829 bits per heavy atom. The van der Waals surface area contributed by atoms with Gasteiger partial charge in [-0.25, -0.2) is 0 Å². The zero-order chi connectivity index (χ0) is 23.6. The van der Waals surface area contributed by atoms with E-state index in [4.69, 9.17) is 4.42 Å². The quantitative estimate of drug-likeness (QED) is 0.371. The van der Waals surface area contributed by atoms with E-state index >= 15 is 0 Å². The first-order valence-corrected chi connectivity index (χ1v) is 11.4. The third-order valence-corrected chi connectivity index (χ3v) is 6.07. The molecular formula is C28H21N5O2. The highest BCUT2D eigenvalue weighted by Crippen LogP contribution is 2.34. The van der Waals surface area contributed by atoms with Gasteiger partial charge in [-0.05, 0) is 41.8 Å². The third-order valence-electron chi connectivity index (χ3n) is 6.07. The summed E-state index contributed by atoms with van der Waals surface area (Å²) in [6, 6.07) is 27.1. The number of amides is 1. The molecule has 7 heteroatoms. The van der Waals surface area contributed by atoms with Crippen molar-refractivity contribution in [3.63, 3.8) is 0 Å². The van der Waals surface area contributed by atoms with Gasteiger partial charge in [-0.1, -0.05) is 66.7 Å². The molecule has 170 valence electrons. The van der Waals surface area contributed by atoms with Gasteiger partial charge in [0.05, 0.1) is 17.4 Å². The minimum atomic E-state index is -0.227. The number of fused-ring (bicyclic) bond motifs is 1. The molecule has 7 nitrogen and oxygen atoms in total. The van der Waals surface area contributed by atoms with Crippen LogP contribution in [0.2, 0.25) is 0 Å². The van der Waals surface area contributed by atoms with E-state index in [1.54, 1.807) is 6.08 Å². The number of hydrogen-bond donors (Lipinski definition) is 2. The lowest BCUT2D eigenvalue weighted by molar-refractivity contribution is 0.0924. The van der Waals surface area contributed by atoms with Gasteiger partial charge in [-0.3, -0.25) is 9.89 Å². The van der Waals surface area contributed by atoms with Crippen molar-refractivity contribution in [2.24, 2.45) is 0 Å². The summed E-state index contributed by atoms with van der Waals surface area (Å²) in [7, 11) is 0. The Labute approximate surface area is 201 Å². The summed E-state index contributed by atoms with van der Waals surface area (Å²) >= 11 is 0. The van der Waals surface area contributed by atoms with Crippen molar-refractivity contribution in [3.8, 4) is 22.6 Å². The number of aromatic nitrogens is 4. The molecule has 1 aliphatic rings. The second-order valence-electron chi connectivity index (χ2n) is 8.30. The first kappa shape index (κ1) is 20.8. The number of nitrogens with zero attached hydrogens (tertiary/aromatic N) is 3. The molecule has 0 bridgehead atoms. The van der Waals surface area contributed by atoms with Crippen LogP contribution in [0.15, 0.2) is 89.3 Å². The minimum absolute atomic E-state index is 0.0816. The van der Waals surface area contributed by atoms with Crippen LogP contribution in [0, 0.1) is 0 Å². The topological polar surface area (TPSA) is 96.7 Å². The van der Waals surface area contributed by atoms with Gasteiger partial charge in [0.15, 0.2) is 0 Å². The van der Waals surface area contributed by atoms with Gasteiger partial charge in [0.1, 0.15) is 0 Å². The number of H-pyrrole nitrogens is 1. The number of benzene rings is 3. The lowest BCUT2D eigenvalue weighted by Gasteiger charge is -2.25. The third kappa shape index (κ3) is 4.04. The van der Waals surface area contributed by atoms with E-state index in [1.165, 1.54) is 0 Å². The van der Waals surface area contributed by atoms with E-state index in [1.807, 2.05) is 91.0 Å². The highest BCUT2D eigenvalue weighted by atomic mass is 16.4. The number of rotatable bonds is 5. The summed E-state index contributed by atoms with van der Waals surface area (Å²) in [5, 5.41) is 19.2. The maximum absolute atomic E-state index is 12.8. The van der Waals surface area contributed by atoms with Crippen LogP contribution in [0.1, 0.15) is 39.2 Å². The average molecular weight is 460 g/mol. The Balaban J connectivity index is 1.36. The molecular weight excluding hydrogens is 438 g/mol. The van der Waals surface area contributed by atoms with Crippen molar-refractivity contribution >= 4 is 18.1 Å². The Kier molecular flexibility index (Phi) is 5.27. The van der Waals surface area contributed by atoms with Crippen molar-refractivity contribution in [2.45, 2.75) is 12.5 Å². The van der Waals surface area contributed by atoms with Crippen LogP contribution in [-0.2, 0) is 6.42 Å². The van der Waals surface area contributed by atoms with E-state index in [9.17, 15) is 4.79 Å². The molecule has 0 saturated heterocycles. The Hall–Kier alpha value is -4.78. The maximum atomic E-state index is 12.8. The van der Waals surface area contributed by atoms with Crippen molar-refractivity contribution in [1.82, 2.24) is 25.7 Å². The molecule has 0 radical (unpaired) electrons. The largest absolute Gasteiger partial charge is 0.417 e. The molecule has 1 atom stereocenters.